The Morgan fingerprint density at radius 1 is 0.894 bits per heavy atom. The number of hydrogen-bond acceptors (Lipinski definition) is 9. The maximum atomic E-state index is 14.7. The van der Waals surface area contributed by atoms with Crippen LogP contribution in [0, 0.1) is 5.92 Å². The van der Waals surface area contributed by atoms with Gasteiger partial charge in [0.05, 0.1) is 40.4 Å². The molecule has 1 aliphatic carbocycles. The highest BCUT2D eigenvalue weighted by Crippen LogP contribution is 2.54. The fourth-order valence-electron chi connectivity index (χ4n) is 6.34. The molecule has 11 heteroatoms. The van der Waals surface area contributed by atoms with E-state index in [-0.39, 0.29) is 52.1 Å². The molecule has 0 radical (unpaired) electrons. The highest BCUT2D eigenvalue weighted by atomic mass is 35.5. The largest absolute Gasteiger partial charge is 0.497 e. The number of carbonyl (C=O) groups excluding carboxylic acids is 3. The molecule has 2 unspecified atom stereocenters. The van der Waals surface area contributed by atoms with Crippen LogP contribution >= 0.6 is 11.6 Å². The number of hydrogen-bond donors (Lipinski definition) is 1. The quantitative estimate of drug-likeness (QED) is 0.207. The van der Waals surface area contributed by atoms with Gasteiger partial charge in [-0.3, -0.25) is 14.4 Å². The van der Waals surface area contributed by atoms with Gasteiger partial charge in [0.1, 0.15) is 45.1 Å². The maximum absolute atomic E-state index is 14.7. The molecule has 47 heavy (non-hydrogen) atoms. The van der Waals surface area contributed by atoms with E-state index in [1.54, 1.807) is 45.4 Å². The second-order valence-corrected chi connectivity index (χ2v) is 11.8. The predicted octanol–water partition coefficient (Wildman–Crippen LogP) is 5.92. The van der Waals surface area contributed by atoms with Crippen molar-refractivity contribution in [1.82, 2.24) is 5.32 Å². The molecule has 3 aromatic carbocycles. The Bertz CT molecular complexity index is 1860. The van der Waals surface area contributed by atoms with Gasteiger partial charge in [0.15, 0.2) is 5.75 Å². The van der Waals surface area contributed by atoms with E-state index in [2.05, 4.69) is 5.32 Å². The average Bonchev–Trinajstić information content (AvgIpc) is 3.60. The lowest BCUT2D eigenvalue weighted by molar-refractivity contribution is -0.120. The van der Waals surface area contributed by atoms with E-state index in [1.165, 1.54) is 20.3 Å². The van der Waals surface area contributed by atoms with Crippen LogP contribution in [0.4, 0.5) is 0 Å². The summed E-state index contributed by atoms with van der Waals surface area (Å²) in [5, 5.41) is 3.01. The van der Waals surface area contributed by atoms with Gasteiger partial charge in [-0.1, -0.05) is 30.7 Å². The molecule has 1 N–H and O–H groups in total. The van der Waals surface area contributed by atoms with Crippen LogP contribution in [-0.4, -0.2) is 58.1 Å². The number of Topliss-reactive ketones (excluding diaryl/α,β-unsaturated/α-hetero) is 2. The normalized spacial score (nSPS) is 18.0. The molecule has 0 saturated carbocycles. The van der Waals surface area contributed by atoms with Crippen LogP contribution in [0.3, 0.4) is 0 Å². The second-order valence-electron chi connectivity index (χ2n) is 11.5. The number of ketones is 2. The smallest absolute Gasteiger partial charge is 0.237 e. The molecule has 1 aliphatic heterocycles. The van der Waals surface area contributed by atoms with Crippen molar-refractivity contribution in [2.45, 2.75) is 31.8 Å². The third kappa shape index (κ3) is 5.36. The van der Waals surface area contributed by atoms with Crippen LogP contribution in [0.15, 0.2) is 59.0 Å². The molecule has 1 amide bonds. The van der Waals surface area contributed by atoms with Crippen LogP contribution in [0.25, 0.3) is 11.3 Å². The number of methoxy groups -OCH3 is 4. The molecule has 0 saturated heterocycles. The number of fused-ring (bicyclic) bond motifs is 2. The number of rotatable bonds is 10. The first-order valence-corrected chi connectivity index (χ1v) is 15.5. The van der Waals surface area contributed by atoms with Gasteiger partial charge in [-0.2, -0.15) is 0 Å². The van der Waals surface area contributed by atoms with E-state index in [1.807, 2.05) is 24.3 Å². The van der Waals surface area contributed by atoms with E-state index < -0.39 is 23.1 Å². The molecular weight excluding hydrogens is 626 g/mol. The SMILES string of the molecule is COc1ccc(CCNC(=O)Cc2c(-c3ccc(OC)cc3)oc3c2C(=O)C2(Oc4c(Cl)c(OC)cc(OC)c4C2=O)C(C)C3)cc1. The summed E-state index contributed by atoms with van der Waals surface area (Å²) >= 11 is 6.61. The monoisotopic (exact) mass is 659 g/mol. The van der Waals surface area contributed by atoms with Crippen molar-refractivity contribution in [2.75, 3.05) is 35.0 Å². The van der Waals surface area contributed by atoms with E-state index in [9.17, 15) is 14.4 Å². The number of furan rings is 1. The molecule has 10 nitrogen and oxygen atoms in total. The van der Waals surface area contributed by atoms with Gasteiger partial charge in [0.2, 0.25) is 23.1 Å². The van der Waals surface area contributed by atoms with Crippen LogP contribution in [-0.2, 0) is 24.1 Å². The zero-order valence-corrected chi connectivity index (χ0v) is 27.4. The van der Waals surface area contributed by atoms with Gasteiger partial charge < -0.3 is 33.4 Å². The molecule has 0 bridgehead atoms. The molecule has 244 valence electrons. The molecule has 4 aromatic rings. The zero-order chi connectivity index (χ0) is 33.5. The van der Waals surface area contributed by atoms with Crippen molar-refractivity contribution < 1.29 is 42.5 Å². The summed E-state index contributed by atoms with van der Waals surface area (Å²) in [6.07, 6.45) is 0.620. The third-order valence-electron chi connectivity index (χ3n) is 8.83. The summed E-state index contributed by atoms with van der Waals surface area (Å²) in [4.78, 5) is 42.4. The predicted molar refractivity (Wildman–Crippen MR) is 174 cm³/mol. The lowest BCUT2D eigenvalue weighted by Crippen LogP contribution is -2.56. The maximum Gasteiger partial charge on any atom is 0.237 e. The lowest BCUT2D eigenvalue weighted by Gasteiger charge is -2.35. The Hall–Kier alpha value is -4.96. The zero-order valence-electron chi connectivity index (χ0n) is 26.7. The topological polar surface area (TPSA) is 123 Å². The summed E-state index contributed by atoms with van der Waals surface area (Å²) in [6, 6.07) is 16.2. The first-order valence-electron chi connectivity index (χ1n) is 15.1. The third-order valence-corrected chi connectivity index (χ3v) is 9.19. The van der Waals surface area contributed by atoms with Gasteiger partial charge in [0.25, 0.3) is 0 Å². The van der Waals surface area contributed by atoms with Crippen molar-refractivity contribution in [3.8, 4) is 40.1 Å². The Morgan fingerprint density at radius 3 is 2.13 bits per heavy atom. The van der Waals surface area contributed by atoms with Crippen molar-refractivity contribution in [1.29, 1.82) is 0 Å². The van der Waals surface area contributed by atoms with Gasteiger partial charge in [-0.25, -0.2) is 0 Å². The van der Waals surface area contributed by atoms with Crippen LogP contribution < -0.4 is 29.0 Å². The standard InChI is InChI=1S/C36H34ClNO9/c1-19-16-26-29(34(40)36(19)35(41)30-25(44-4)18-27(45-5)31(37)33(30)47-36)24(32(46-26)21-8-12-23(43-3)13-9-21)17-28(39)38-15-14-20-6-10-22(42-2)11-7-20/h6-13,18-19H,14-17H2,1-5H3,(H,38,39). The van der Waals surface area contributed by atoms with E-state index in [0.29, 0.717) is 41.4 Å². The number of halogens is 1. The summed E-state index contributed by atoms with van der Waals surface area (Å²) < 4.78 is 34.1. The minimum absolute atomic E-state index is 0.0215. The fraction of sp³-hybridized carbons (Fsp3) is 0.306. The Labute approximate surface area is 276 Å². The second kappa shape index (κ2) is 12.7. The average molecular weight is 660 g/mol. The Balaban J connectivity index is 1.37. The number of amides is 1. The van der Waals surface area contributed by atoms with Crippen LogP contribution in [0.5, 0.6) is 28.7 Å². The number of benzene rings is 3. The molecule has 2 atom stereocenters. The molecular formula is C36H34ClNO9. The van der Waals surface area contributed by atoms with Gasteiger partial charge >= 0.3 is 0 Å². The first-order chi connectivity index (χ1) is 22.7. The molecule has 1 spiro atoms. The molecule has 6 rings (SSSR count). The highest BCUT2D eigenvalue weighted by Gasteiger charge is 2.63. The Morgan fingerprint density at radius 2 is 1.51 bits per heavy atom. The summed E-state index contributed by atoms with van der Waals surface area (Å²) in [6.45, 7) is 2.12. The van der Waals surface area contributed by atoms with Gasteiger partial charge in [-0.05, 0) is 48.4 Å². The summed E-state index contributed by atoms with van der Waals surface area (Å²) in [5.41, 5.74) is 0.317. The van der Waals surface area contributed by atoms with Crippen molar-refractivity contribution in [3.63, 3.8) is 0 Å². The number of carbonyl (C=O) groups is 3. The molecule has 1 aromatic heterocycles. The Kier molecular flexibility index (Phi) is 8.63. The van der Waals surface area contributed by atoms with E-state index >= 15 is 0 Å². The van der Waals surface area contributed by atoms with Crippen LogP contribution in [0.2, 0.25) is 5.02 Å². The summed E-state index contributed by atoms with van der Waals surface area (Å²) in [5.74, 6) is 0.431. The fourth-order valence-corrected chi connectivity index (χ4v) is 6.60. The first kappa shape index (κ1) is 32.0. The van der Waals surface area contributed by atoms with Gasteiger partial charge in [0, 0.05) is 36.1 Å². The van der Waals surface area contributed by atoms with Gasteiger partial charge in [-0.15, -0.1) is 0 Å². The van der Waals surface area contributed by atoms with E-state index in [0.717, 1.165) is 11.3 Å². The number of ether oxygens (including phenoxy) is 5. The number of nitrogens with one attached hydrogen (secondary N) is 1. The minimum atomic E-state index is -1.95. The molecule has 2 aliphatic rings. The van der Waals surface area contributed by atoms with Crippen molar-refractivity contribution in [3.05, 3.63) is 87.6 Å². The van der Waals surface area contributed by atoms with Crippen molar-refractivity contribution in [2.24, 2.45) is 5.92 Å². The molecule has 0 fully saturated rings. The van der Waals surface area contributed by atoms with E-state index in [4.69, 9.17) is 39.7 Å². The highest BCUT2D eigenvalue weighted by molar-refractivity contribution is 6.36. The summed E-state index contributed by atoms with van der Waals surface area (Å²) in [7, 11) is 6.01. The molecule has 2 heterocycles. The minimum Gasteiger partial charge on any atom is -0.497 e. The van der Waals surface area contributed by atoms with Crippen LogP contribution in [0.1, 0.15) is 44.5 Å². The lowest BCUT2D eigenvalue weighted by atomic mass is 9.70. The van der Waals surface area contributed by atoms with Crippen molar-refractivity contribution >= 4 is 29.1 Å².